The van der Waals surface area contributed by atoms with Crippen LogP contribution in [0.4, 0.5) is 0 Å². The normalized spacial score (nSPS) is 10.2. The van der Waals surface area contributed by atoms with Gasteiger partial charge in [-0.15, -0.1) is 0 Å². The first-order valence-corrected chi connectivity index (χ1v) is 4.02. The summed E-state index contributed by atoms with van der Waals surface area (Å²) in [5.74, 6) is 0.510. The molecule has 0 fully saturated rings. The van der Waals surface area contributed by atoms with Crippen molar-refractivity contribution in [1.82, 2.24) is 4.98 Å². The summed E-state index contributed by atoms with van der Waals surface area (Å²) in [4.78, 5) is 13.6. The van der Waals surface area contributed by atoms with E-state index in [-0.39, 0.29) is 5.56 Å². The molecule has 0 aliphatic heterocycles. The summed E-state index contributed by atoms with van der Waals surface area (Å²) < 4.78 is 4.51. The number of aromatic nitrogens is 1. The lowest BCUT2D eigenvalue weighted by molar-refractivity contribution is 0.620. The van der Waals surface area contributed by atoms with Gasteiger partial charge in [0.1, 0.15) is 17.6 Å². The van der Waals surface area contributed by atoms with E-state index in [4.69, 9.17) is 11.9 Å². The summed E-state index contributed by atoms with van der Waals surface area (Å²) in [6.07, 6.45) is 0. The summed E-state index contributed by atoms with van der Waals surface area (Å²) in [5, 5.41) is 0.942. The molecule has 0 bridgehead atoms. The third-order valence-electron chi connectivity index (χ3n) is 1.79. The zero-order valence-electron chi connectivity index (χ0n) is 6.58. The van der Waals surface area contributed by atoms with Gasteiger partial charge in [-0.3, -0.25) is 4.79 Å². The van der Waals surface area contributed by atoms with Crippen molar-refractivity contribution in [2.24, 2.45) is 0 Å². The van der Waals surface area contributed by atoms with Crippen molar-refractivity contribution in [1.29, 1.82) is 0 Å². The van der Waals surface area contributed by atoms with Gasteiger partial charge in [-0.25, -0.2) is 0 Å². The minimum absolute atomic E-state index is 0.140. The van der Waals surface area contributed by atoms with Gasteiger partial charge in [-0.05, 0) is 23.6 Å². The Morgan fingerprint density at radius 2 is 2.00 bits per heavy atom. The first kappa shape index (κ1) is 8.13. The van der Waals surface area contributed by atoms with E-state index in [1.54, 1.807) is 18.2 Å². The monoisotopic (exact) mass is 195 g/mol. The number of benzene rings is 1. The van der Waals surface area contributed by atoms with E-state index in [0.29, 0.717) is 11.3 Å². The van der Waals surface area contributed by atoms with Crippen LogP contribution in [0.15, 0.2) is 35.1 Å². The Kier molecular flexibility index (Phi) is 1.94. The molecule has 0 atom stereocenters. The molecular weight excluding hydrogens is 190 g/mol. The van der Waals surface area contributed by atoms with E-state index >= 15 is 0 Å². The third-order valence-corrected chi connectivity index (χ3v) is 1.96. The van der Waals surface area contributed by atoms with E-state index in [1.165, 1.54) is 6.07 Å². The Bertz CT molecular complexity index is 492. The maximum Gasteiger partial charge on any atom is 0.248 e. The average molecular weight is 196 g/mol. The lowest BCUT2D eigenvalue weighted by atomic mass is 10.2. The molecule has 0 spiro atoms. The third kappa shape index (κ3) is 1.51. The van der Waals surface area contributed by atoms with E-state index in [2.05, 4.69) is 9.27 Å². The number of pyridine rings is 1. The van der Waals surface area contributed by atoms with E-state index in [1.807, 2.05) is 6.07 Å². The van der Waals surface area contributed by atoms with Crippen molar-refractivity contribution >= 4 is 22.8 Å². The van der Waals surface area contributed by atoms with Crippen LogP contribution < -0.4 is 9.85 Å². The van der Waals surface area contributed by atoms with Crippen LogP contribution in [0.2, 0.25) is 0 Å². The van der Waals surface area contributed by atoms with Crippen LogP contribution in [-0.2, 0) is 0 Å². The van der Waals surface area contributed by atoms with Crippen LogP contribution in [-0.4, -0.2) is 4.98 Å². The van der Waals surface area contributed by atoms with Gasteiger partial charge in [0.25, 0.3) is 0 Å². The molecule has 0 saturated heterocycles. The summed E-state index contributed by atoms with van der Waals surface area (Å²) in [7, 11) is 0. The second kappa shape index (κ2) is 3.11. The molecule has 1 heterocycles. The molecule has 0 amide bonds. The molecule has 0 aliphatic carbocycles. The van der Waals surface area contributed by atoms with Crippen LogP contribution in [0, 0.1) is 0 Å². The van der Waals surface area contributed by atoms with Crippen molar-refractivity contribution in [3.63, 3.8) is 0 Å². The van der Waals surface area contributed by atoms with Gasteiger partial charge in [0.05, 0.1) is 5.52 Å². The topological polar surface area (TPSA) is 42.1 Å². The van der Waals surface area contributed by atoms with Gasteiger partial charge in [0, 0.05) is 12.1 Å². The van der Waals surface area contributed by atoms with Crippen LogP contribution in [0.25, 0.3) is 10.9 Å². The maximum absolute atomic E-state index is 11.0. The minimum Gasteiger partial charge on any atom is -0.386 e. The summed E-state index contributed by atoms with van der Waals surface area (Å²) in [5.41, 5.74) is 0.574. The number of aromatic amines is 1. The smallest absolute Gasteiger partial charge is 0.248 e. The number of nitrogens with one attached hydrogen (secondary N) is 1. The molecule has 2 aromatic rings. The molecule has 0 aliphatic rings. The number of halogens is 1. The standard InChI is InChI=1S/C9H6ClNO2/c10-13-7-3-1-6-2-4-9(12)11-8(6)5-7/h1-5H,(H,11,12). The molecule has 1 aromatic carbocycles. The molecule has 0 unspecified atom stereocenters. The zero-order chi connectivity index (χ0) is 9.26. The van der Waals surface area contributed by atoms with Gasteiger partial charge in [-0.2, -0.15) is 0 Å². The Labute approximate surface area is 79.1 Å². The molecule has 3 nitrogen and oxygen atoms in total. The maximum atomic E-state index is 11.0. The summed E-state index contributed by atoms with van der Waals surface area (Å²) >= 11 is 5.18. The highest BCUT2D eigenvalue weighted by molar-refractivity contribution is 6.09. The van der Waals surface area contributed by atoms with Gasteiger partial charge in [-0.1, -0.05) is 0 Å². The lowest BCUT2D eigenvalue weighted by Crippen LogP contribution is -2.01. The predicted octanol–water partition coefficient (Wildman–Crippen LogP) is 2.06. The second-order valence-corrected chi connectivity index (χ2v) is 2.80. The molecule has 66 valence electrons. The van der Waals surface area contributed by atoms with Crippen LogP contribution in [0.1, 0.15) is 0 Å². The number of fused-ring (bicyclic) bond motifs is 1. The fraction of sp³-hybridized carbons (Fsp3) is 0. The molecule has 0 radical (unpaired) electrons. The zero-order valence-corrected chi connectivity index (χ0v) is 7.34. The fourth-order valence-electron chi connectivity index (χ4n) is 1.18. The van der Waals surface area contributed by atoms with Gasteiger partial charge < -0.3 is 9.27 Å². The van der Waals surface area contributed by atoms with Crippen molar-refractivity contribution in [2.75, 3.05) is 0 Å². The number of hydrogen-bond acceptors (Lipinski definition) is 2. The molecular formula is C9H6ClNO2. The van der Waals surface area contributed by atoms with Crippen molar-refractivity contribution < 1.29 is 4.29 Å². The van der Waals surface area contributed by atoms with Crippen molar-refractivity contribution in [3.05, 3.63) is 40.7 Å². The first-order valence-electron chi connectivity index (χ1n) is 3.71. The highest BCUT2D eigenvalue weighted by atomic mass is 35.5. The fourth-order valence-corrected chi connectivity index (χ4v) is 1.27. The van der Waals surface area contributed by atoms with Crippen LogP contribution >= 0.6 is 11.9 Å². The van der Waals surface area contributed by atoms with Crippen molar-refractivity contribution in [2.45, 2.75) is 0 Å². The molecule has 1 aromatic heterocycles. The quantitative estimate of drug-likeness (QED) is 0.757. The molecule has 13 heavy (non-hydrogen) atoms. The van der Waals surface area contributed by atoms with Gasteiger partial charge in [0.15, 0.2) is 0 Å². The Morgan fingerprint density at radius 1 is 1.23 bits per heavy atom. The van der Waals surface area contributed by atoms with E-state index in [0.717, 1.165) is 5.39 Å². The predicted molar refractivity (Wildman–Crippen MR) is 51.0 cm³/mol. The highest BCUT2D eigenvalue weighted by Gasteiger charge is 1.96. The van der Waals surface area contributed by atoms with Crippen molar-refractivity contribution in [3.8, 4) is 5.75 Å². The Morgan fingerprint density at radius 3 is 2.77 bits per heavy atom. The number of H-pyrrole nitrogens is 1. The SMILES string of the molecule is O=c1ccc2ccc(OCl)cc2[nH]1. The number of hydrogen-bond donors (Lipinski definition) is 1. The highest BCUT2D eigenvalue weighted by Crippen LogP contribution is 2.18. The van der Waals surface area contributed by atoms with Crippen LogP contribution in [0.5, 0.6) is 5.75 Å². The first-order chi connectivity index (χ1) is 6.29. The Hall–Kier alpha value is -1.48. The average Bonchev–Trinajstić information content (AvgIpc) is 2.16. The summed E-state index contributed by atoms with van der Waals surface area (Å²) in [6, 6.07) is 8.44. The molecule has 2 rings (SSSR count). The van der Waals surface area contributed by atoms with E-state index < -0.39 is 0 Å². The molecule has 0 saturated carbocycles. The lowest BCUT2D eigenvalue weighted by Gasteiger charge is -1.98. The largest absolute Gasteiger partial charge is 0.386 e. The van der Waals surface area contributed by atoms with Gasteiger partial charge in [0.2, 0.25) is 5.56 Å². The van der Waals surface area contributed by atoms with Gasteiger partial charge >= 0.3 is 0 Å². The number of rotatable bonds is 1. The summed E-state index contributed by atoms with van der Waals surface area (Å²) in [6.45, 7) is 0. The minimum atomic E-state index is -0.140. The van der Waals surface area contributed by atoms with E-state index in [9.17, 15) is 4.79 Å². The Balaban J connectivity index is 2.75. The molecule has 1 N–H and O–H groups in total. The van der Waals surface area contributed by atoms with Crippen LogP contribution in [0.3, 0.4) is 0 Å². The molecule has 4 heteroatoms. The second-order valence-electron chi connectivity index (χ2n) is 2.65.